The third kappa shape index (κ3) is 5.07. The number of sulfone groups is 1. The topological polar surface area (TPSA) is 110 Å². The second kappa shape index (κ2) is 8.68. The van der Waals surface area contributed by atoms with E-state index in [4.69, 9.17) is 4.74 Å². The second-order valence-electron chi connectivity index (χ2n) is 5.82. The van der Waals surface area contributed by atoms with Gasteiger partial charge >= 0.3 is 5.97 Å². The predicted octanol–water partition coefficient (Wildman–Crippen LogP) is 1.84. The van der Waals surface area contributed by atoms with Gasteiger partial charge in [0.15, 0.2) is 0 Å². The summed E-state index contributed by atoms with van der Waals surface area (Å²) in [5, 5.41) is 12.3. The number of benzene rings is 2. The van der Waals surface area contributed by atoms with Gasteiger partial charge in [0.1, 0.15) is 11.8 Å². The number of phenolic OH excluding ortho intramolecular Hbond substituents is 1. The van der Waals surface area contributed by atoms with Crippen LogP contribution in [0.1, 0.15) is 19.4 Å². The molecule has 0 unspecified atom stereocenters. The number of nitrogens with one attached hydrogen (secondary N) is 1. The molecule has 144 valence electrons. The molecule has 8 heteroatoms. The van der Waals surface area contributed by atoms with E-state index in [1.807, 2.05) is 0 Å². The standard InChI is InChI=1S/C19H21NO6S/c1-3-26-19(23)17(20-13(2)21)11-14-9-10-15(22)12-18(14)27(24,25)16-7-5-4-6-8-16/h4-10,12,17,22H,3,11H2,1-2H3,(H,20,21)/t17-/m0/s1. The van der Waals surface area contributed by atoms with Crippen LogP contribution in [0.2, 0.25) is 0 Å². The SMILES string of the molecule is CCOC(=O)[C@H](Cc1ccc(O)cc1S(=O)(=O)c1ccccc1)NC(C)=O. The van der Waals surface area contributed by atoms with Crippen molar-refractivity contribution in [3.05, 3.63) is 54.1 Å². The highest BCUT2D eigenvalue weighted by Crippen LogP contribution is 2.28. The van der Waals surface area contributed by atoms with Gasteiger partial charge in [-0.05, 0) is 36.8 Å². The highest BCUT2D eigenvalue weighted by molar-refractivity contribution is 7.91. The van der Waals surface area contributed by atoms with Crippen LogP contribution in [0.15, 0.2) is 58.3 Å². The van der Waals surface area contributed by atoms with Crippen LogP contribution >= 0.6 is 0 Å². The third-order valence-electron chi connectivity index (χ3n) is 3.77. The smallest absolute Gasteiger partial charge is 0.328 e. The fraction of sp³-hybridized carbons (Fsp3) is 0.263. The van der Waals surface area contributed by atoms with Crippen LogP contribution in [0.4, 0.5) is 0 Å². The average Bonchev–Trinajstić information content (AvgIpc) is 2.63. The summed E-state index contributed by atoms with van der Waals surface area (Å²) in [4.78, 5) is 23.5. The van der Waals surface area contributed by atoms with Crippen molar-refractivity contribution in [2.45, 2.75) is 36.1 Å². The molecule has 2 aromatic carbocycles. The Bertz CT molecular complexity index is 924. The number of carbonyl (C=O) groups excluding carboxylic acids is 2. The van der Waals surface area contributed by atoms with Gasteiger partial charge in [0.25, 0.3) is 0 Å². The Morgan fingerprint density at radius 3 is 2.41 bits per heavy atom. The first-order chi connectivity index (χ1) is 12.8. The minimum absolute atomic E-state index is 0.0593. The Balaban J connectivity index is 2.48. The molecule has 0 aliphatic carbocycles. The van der Waals surface area contributed by atoms with Gasteiger partial charge in [-0.2, -0.15) is 0 Å². The molecule has 2 N–H and O–H groups in total. The predicted molar refractivity (Wildman–Crippen MR) is 97.9 cm³/mol. The summed E-state index contributed by atoms with van der Waals surface area (Å²) in [5.41, 5.74) is 0.281. The monoisotopic (exact) mass is 391 g/mol. The van der Waals surface area contributed by atoms with Crippen LogP contribution in [0, 0.1) is 0 Å². The minimum Gasteiger partial charge on any atom is -0.508 e. The number of phenols is 1. The number of ether oxygens (including phenoxy) is 1. The summed E-state index contributed by atoms with van der Waals surface area (Å²) in [6.45, 7) is 3.01. The maximum atomic E-state index is 13.0. The normalized spacial score (nSPS) is 12.2. The molecule has 0 bridgehead atoms. The van der Waals surface area contributed by atoms with Gasteiger partial charge in [-0.15, -0.1) is 0 Å². The van der Waals surface area contributed by atoms with Crippen LogP contribution in [0.25, 0.3) is 0 Å². The maximum Gasteiger partial charge on any atom is 0.328 e. The van der Waals surface area contributed by atoms with Crippen molar-refractivity contribution in [3.8, 4) is 5.75 Å². The van der Waals surface area contributed by atoms with Crippen molar-refractivity contribution in [2.75, 3.05) is 6.61 Å². The first-order valence-electron chi connectivity index (χ1n) is 8.31. The van der Waals surface area contributed by atoms with Gasteiger partial charge in [-0.3, -0.25) is 4.79 Å². The maximum absolute atomic E-state index is 13.0. The Labute approximate surface area is 157 Å². The van der Waals surface area contributed by atoms with E-state index in [1.54, 1.807) is 25.1 Å². The van der Waals surface area contributed by atoms with Crippen molar-refractivity contribution < 1.29 is 27.9 Å². The molecule has 0 saturated carbocycles. The summed E-state index contributed by atoms with van der Waals surface area (Å²) in [7, 11) is -3.93. The van der Waals surface area contributed by atoms with Crippen LogP contribution in [-0.2, 0) is 30.6 Å². The Kier molecular flexibility index (Phi) is 6.57. The third-order valence-corrected chi connectivity index (χ3v) is 5.62. The molecular formula is C19H21NO6S. The van der Waals surface area contributed by atoms with Gasteiger partial charge in [-0.1, -0.05) is 24.3 Å². The molecule has 0 heterocycles. The first-order valence-corrected chi connectivity index (χ1v) is 9.79. The Hall–Kier alpha value is -2.87. The number of hydrogen-bond acceptors (Lipinski definition) is 6. The van der Waals surface area contributed by atoms with E-state index in [-0.39, 0.29) is 34.1 Å². The molecule has 0 radical (unpaired) electrons. The van der Waals surface area contributed by atoms with E-state index in [1.165, 1.54) is 31.2 Å². The fourth-order valence-electron chi connectivity index (χ4n) is 2.59. The van der Waals surface area contributed by atoms with Crippen molar-refractivity contribution in [1.82, 2.24) is 5.32 Å². The van der Waals surface area contributed by atoms with Crippen molar-refractivity contribution in [3.63, 3.8) is 0 Å². The van der Waals surface area contributed by atoms with E-state index >= 15 is 0 Å². The molecule has 2 rings (SSSR count). The van der Waals surface area contributed by atoms with Gasteiger partial charge < -0.3 is 15.2 Å². The summed E-state index contributed by atoms with van der Waals surface area (Å²) < 4.78 is 30.9. The number of amides is 1. The molecule has 0 spiro atoms. The summed E-state index contributed by atoms with van der Waals surface area (Å²) in [6.07, 6.45) is -0.0971. The van der Waals surface area contributed by atoms with Gasteiger partial charge in [-0.25, -0.2) is 13.2 Å². The molecule has 2 aromatic rings. The van der Waals surface area contributed by atoms with Crippen LogP contribution in [0.5, 0.6) is 5.75 Å². The van der Waals surface area contributed by atoms with E-state index in [0.717, 1.165) is 6.07 Å². The van der Waals surface area contributed by atoms with E-state index in [9.17, 15) is 23.1 Å². The first kappa shape index (κ1) is 20.4. The fourth-order valence-corrected chi connectivity index (χ4v) is 4.13. The van der Waals surface area contributed by atoms with Crippen LogP contribution in [-0.4, -0.2) is 38.0 Å². The lowest BCUT2D eigenvalue weighted by Gasteiger charge is -2.18. The van der Waals surface area contributed by atoms with Gasteiger partial charge in [0.05, 0.1) is 16.4 Å². The van der Waals surface area contributed by atoms with Crippen molar-refractivity contribution >= 4 is 21.7 Å². The van der Waals surface area contributed by atoms with E-state index in [0.29, 0.717) is 0 Å². The average molecular weight is 391 g/mol. The molecule has 0 aromatic heterocycles. The lowest BCUT2D eigenvalue weighted by atomic mass is 10.1. The molecule has 7 nitrogen and oxygen atoms in total. The lowest BCUT2D eigenvalue weighted by molar-refractivity contribution is -0.147. The summed E-state index contributed by atoms with van der Waals surface area (Å²) in [6, 6.07) is 10.6. The summed E-state index contributed by atoms with van der Waals surface area (Å²) >= 11 is 0. The molecule has 0 fully saturated rings. The number of carbonyl (C=O) groups is 2. The largest absolute Gasteiger partial charge is 0.508 e. The van der Waals surface area contributed by atoms with Crippen molar-refractivity contribution in [2.24, 2.45) is 0 Å². The molecule has 1 amide bonds. The molecular weight excluding hydrogens is 370 g/mol. The zero-order valence-electron chi connectivity index (χ0n) is 15.0. The Morgan fingerprint density at radius 2 is 1.81 bits per heavy atom. The quantitative estimate of drug-likeness (QED) is 0.697. The molecule has 1 atom stereocenters. The van der Waals surface area contributed by atoms with E-state index < -0.39 is 27.8 Å². The highest BCUT2D eigenvalue weighted by Gasteiger charge is 2.27. The van der Waals surface area contributed by atoms with E-state index in [2.05, 4.69) is 5.32 Å². The summed E-state index contributed by atoms with van der Waals surface area (Å²) in [5.74, 6) is -1.33. The number of esters is 1. The van der Waals surface area contributed by atoms with Crippen molar-refractivity contribution in [1.29, 1.82) is 0 Å². The van der Waals surface area contributed by atoms with Crippen LogP contribution in [0.3, 0.4) is 0 Å². The molecule has 0 saturated heterocycles. The second-order valence-corrected chi connectivity index (χ2v) is 7.74. The highest BCUT2D eigenvalue weighted by atomic mass is 32.2. The van der Waals surface area contributed by atoms with Crippen LogP contribution < -0.4 is 5.32 Å². The Morgan fingerprint density at radius 1 is 1.15 bits per heavy atom. The zero-order chi connectivity index (χ0) is 20.0. The number of aromatic hydroxyl groups is 1. The lowest BCUT2D eigenvalue weighted by Crippen LogP contribution is -2.42. The van der Waals surface area contributed by atoms with Gasteiger partial charge in [0, 0.05) is 13.3 Å². The minimum atomic E-state index is -3.93. The molecule has 0 aliphatic rings. The van der Waals surface area contributed by atoms with Gasteiger partial charge in [0.2, 0.25) is 15.7 Å². The zero-order valence-corrected chi connectivity index (χ0v) is 15.8. The number of hydrogen-bond donors (Lipinski definition) is 2. The molecule has 0 aliphatic heterocycles. The number of rotatable bonds is 7. The molecule has 27 heavy (non-hydrogen) atoms.